The van der Waals surface area contributed by atoms with Crippen LogP contribution in [0.1, 0.15) is 32.1 Å². The number of aliphatic hydroxyl groups excluding tert-OH is 1. The summed E-state index contributed by atoms with van der Waals surface area (Å²) < 4.78 is 0. The fraction of sp³-hybridized carbons (Fsp3) is 0.909. The Kier molecular flexibility index (Phi) is 1.56. The van der Waals surface area contributed by atoms with Crippen molar-refractivity contribution in [3.05, 3.63) is 0 Å². The van der Waals surface area contributed by atoms with Gasteiger partial charge in [0.1, 0.15) is 0 Å². The van der Waals surface area contributed by atoms with Gasteiger partial charge in [0.05, 0.1) is 11.5 Å². The summed E-state index contributed by atoms with van der Waals surface area (Å²) in [5, 5.41) is 19.2. The lowest BCUT2D eigenvalue weighted by atomic mass is 9.48. The van der Waals surface area contributed by atoms with Gasteiger partial charge in [-0.1, -0.05) is 0 Å². The largest absolute Gasteiger partial charge is 0.481 e. The summed E-state index contributed by atoms with van der Waals surface area (Å²) in [6.07, 6.45) is 4.22. The molecule has 4 saturated carbocycles. The normalized spacial score (nSPS) is 54.9. The minimum atomic E-state index is -0.621. The molecule has 0 radical (unpaired) electrons. The van der Waals surface area contributed by atoms with E-state index in [1.165, 1.54) is 0 Å². The van der Waals surface area contributed by atoms with Crippen LogP contribution in [0.3, 0.4) is 0 Å². The third kappa shape index (κ3) is 0.937. The molecular weight excluding hydrogens is 180 g/mol. The average Bonchev–Trinajstić information content (AvgIpc) is 2.12. The highest BCUT2D eigenvalue weighted by molar-refractivity contribution is 5.75. The van der Waals surface area contributed by atoms with E-state index in [1.807, 2.05) is 0 Å². The Morgan fingerprint density at radius 1 is 1.14 bits per heavy atom. The van der Waals surface area contributed by atoms with Gasteiger partial charge in [0.25, 0.3) is 0 Å². The van der Waals surface area contributed by atoms with Gasteiger partial charge in [0.2, 0.25) is 0 Å². The molecule has 0 aliphatic heterocycles. The first-order valence-electron chi connectivity index (χ1n) is 5.52. The summed E-state index contributed by atoms with van der Waals surface area (Å²) in [5.41, 5.74) is -0.463. The van der Waals surface area contributed by atoms with E-state index < -0.39 is 11.4 Å². The van der Waals surface area contributed by atoms with Gasteiger partial charge >= 0.3 is 5.97 Å². The zero-order chi connectivity index (χ0) is 9.92. The molecule has 2 N–H and O–H groups in total. The minimum Gasteiger partial charge on any atom is -0.481 e. The quantitative estimate of drug-likeness (QED) is 0.663. The third-order valence-corrected chi connectivity index (χ3v) is 4.68. The van der Waals surface area contributed by atoms with Crippen molar-refractivity contribution in [2.45, 2.75) is 38.2 Å². The maximum absolute atomic E-state index is 11.3. The van der Waals surface area contributed by atoms with E-state index in [9.17, 15) is 15.0 Å². The number of carbonyl (C=O) groups is 1. The molecule has 0 saturated heterocycles. The van der Waals surface area contributed by atoms with Gasteiger partial charge in [-0.15, -0.1) is 0 Å². The molecule has 14 heavy (non-hydrogen) atoms. The summed E-state index contributed by atoms with van der Waals surface area (Å²) in [5.74, 6) is 0.505. The van der Waals surface area contributed by atoms with Gasteiger partial charge in [-0.3, -0.25) is 4.79 Å². The zero-order valence-electron chi connectivity index (χ0n) is 8.15. The van der Waals surface area contributed by atoms with Crippen molar-refractivity contribution >= 4 is 5.97 Å². The highest BCUT2D eigenvalue weighted by atomic mass is 16.4. The summed E-state index contributed by atoms with van der Waals surface area (Å²) >= 11 is 0. The van der Waals surface area contributed by atoms with Crippen LogP contribution in [0.2, 0.25) is 0 Å². The molecule has 0 aromatic heterocycles. The first-order valence-corrected chi connectivity index (χ1v) is 5.52. The lowest BCUT2D eigenvalue weighted by Crippen LogP contribution is -2.56. The molecule has 78 valence electrons. The van der Waals surface area contributed by atoms with E-state index in [-0.39, 0.29) is 17.9 Å². The van der Waals surface area contributed by atoms with Crippen LogP contribution in [-0.2, 0) is 4.79 Å². The second-order valence-electron chi connectivity index (χ2n) is 5.55. The molecule has 0 aromatic rings. The van der Waals surface area contributed by atoms with E-state index in [2.05, 4.69) is 0 Å². The lowest BCUT2D eigenvalue weighted by Gasteiger charge is -2.56. The maximum atomic E-state index is 11.3. The van der Waals surface area contributed by atoms with Crippen LogP contribution in [0.15, 0.2) is 0 Å². The summed E-state index contributed by atoms with van der Waals surface area (Å²) in [6, 6.07) is 0. The first kappa shape index (κ1) is 8.72. The molecule has 0 spiro atoms. The van der Waals surface area contributed by atoms with E-state index in [0.29, 0.717) is 5.92 Å². The molecule has 4 fully saturated rings. The highest BCUT2D eigenvalue weighted by Crippen LogP contribution is 2.60. The summed E-state index contributed by atoms with van der Waals surface area (Å²) in [7, 11) is 0. The van der Waals surface area contributed by atoms with Crippen LogP contribution in [0.25, 0.3) is 0 Å². The second-order valence-corrected chi connectivity index (χ2v) is 5.55. The Morgan fingerprint density at radius 2 is 1.71 bits per heavy atom. The highest BCUT2D eigenvalue weighted by Gasteiger charge is 2.58. The Labute approximate surface area is 83.1 Å². The predicted molar refractivity (Wildman–Crippen MR) is 49.6 cm³/mol. The third-order valence-electron chi connectivity index (χ3n) is 4.68. The van der Waals surface area contributed by atoms with Crippen LogP contribution in [-0.4, -0.2) is 22.3 Å². The summed E-state index contributed by atoms with van der Waals surface area (Å²) in [4.78, 5) is 11.3. The molecule has 0 heterocycles. The lowest BCUT2D eigenvalue weighted by molar-refractivity contribution is -0.178. The van der Waals surface area contributed by atoms with Crippen molar-refractivity contribution in [2.24, 2.45) is 23.2 Å². The molecule has 4 rings (SSSR count). The molecule has 0 aromatic carbocycles. The zero-order valence-corrected chi connectivity index (χ0v) is 8.15. The van der Waals surface area contributed by atoms with Gasteiger partial charge in [-0.25, -0.2) is 0 Å². The smallest absolute Gasteiger partial charge is 0.309 e. The van der Waals surface area contributed by atoms with Crippen LogP contribution in [0.5, 0.6) is 0 Å². The maximum Gasteiger partial charge on any atom is 0.309 e. The SMILES string of the molecule is O=C(O)C12CC3C[C@@H](C1)C(O)[C@@H](C3)C2. The standard InChI is InChI=1S/C11H16O3/c12-9-7-1-6-2-8(9)5-11(3-6,4-7)10(13)14/h6-9,12H,1-5H2,(H,13,14)/t6?,7-,8-,9?,11?/m0/s1. The molecule has 4 aliphatic carbocycles. The Balaban J connectivity index is 1.96. The molecular formula is C11H16O3. The molecule has 0 amide bonds. The van der Waals surface area contributed by atoms with E-state index in [1.54, 1.807) is 0 Å². The van der Waals surface area contributed by atoms with Crippen molar-refractivity contribution in [1.29, 1.82) is 0 Å². The van der Waals surface area contributed by atoms with Crippen molar-refractivity contribution in [2.75, 3.05) is 0 Å². The second kappa shape index (κ2) is 2.51. The minimum absolute atomic E-state index is 0.209. The van der Waals surface area contributed by atoms with Crippen molar-refractivity contribution in [3.63, 3.8) is 0 Å². The monoisotopic (exact) mass is 196 g/mol. The first-order chi connectivity index (χ1) is 6.61. The number of carboxylic acids is 1. The van der Waals surface area contributed by atoms with Crippen LogP contribution < -0.4 is 0 Å². The molecule has 0 unspecified atom stereocenters. The Hall–Kier alpha value is -0.570. The number of hydrogen-bond acceptors (Lipinski definition) is 2. The average molecular weight is 196 g/mol. The predicted octanol–water partition coefficient (Wildman–Crippen LogP) is 1.26. The van der Waals surface area contributed by atoms with Crippen LogP contribution in [0, 0.1) is 23.2 Å². The molecule has 4 aliphatic rings. The molecule has 2 atom stereocenters. The van der Waals surface area contributed by atoms with Gasteiger partial charge in [-0.2, -0.15) is 0 Å². The fourth-order valence-corrected chi connectivity index (χ4v) is 4.26. The van der Waals surface area contributed by atoms with Crippen molar-refractivity contribution in [3.8, 4) is 0 Å². The van der Waals surface area contributed by atoms with E-state index in [4.69, 9.17) is 0 Å². The topological polar surface area (TPSA) is 57.5 Å². The Bertz CT molecular complexity index is 270. The van der Waals surface area contributed by atoms with Crippen LogP contribution >= 0.6 is 0 Å². The van der Waals surface area contributed by atoms with Gasteiger partial charge in [-0.05, 0) is 49.9 Å². The number of aliphatic carboxylic acids is 1. The molecule has 3 nitrogen and oxygen atoms in total. The number of aliphatic hydroxyl groups is 1. The molecule has 3 heteroatoms. The van der Waals surface area contributed by atoms with Gasteiger partial charge in [0, 0.05) is 0 Å². The fourth-order valence-electron chi connectivity index (χ4n) is 4.26. The van der Waals surface area contributed by atoms with Crippen molar-refractivity contribution < 1.29 is 15.0 Å². The number of rotatable bonds is 1. The van der Waals surface area contributed by atoms with E-state index >= 15 is 0 Å². The van der Waals surface area contributed by atoms with Gasteiger partial charge < -0.3 is 10.2 Å². The van der Waals surface area contributed by atoms with Gasteiger partial charge in [0.15, 0.2) is 0 Å². The number of carboxylic acid groups (broad SMARTS) is 1. The van der Waals surface area contributed by atoms with Crippen LogP contribution in [0.4, 0.5) is 0 Å². The molecule has 4 bridgehead atoms. The van der Waals surface area contributed by atoms with E-state index in [0.717, 1.165) is 32.1 Å². The number of hydrogen-bond donors (Lipinski definition) is 2. The summed E-state index contributed by atoms with van der Waals surface area (Å²) in [6.45, 7) is 0. The Morgan fingerprint density at radius 3 is 2.21 bits per heavy atom. The van der Waals surface area contributed by atoms with Crippen molar-refractivity contribution in [1.82, 2.24) is 0 Å².